The van der Waals surface area contributed by atoms with Gasteiger partial charge in [-0.25, -0.2) is 4.39 Å². The lowest BCUT2D eigenvalue weighted by Gasteiger charge is -2.15. The Labute approximate surface area is 157 Å². The molecule has 0 radical (unpaired) electrons. The fourth-order valence-electron chi connectivity index (χ4n) is 2.07. The lowest BCUT2D eigenvalue weighted by atomic mass is 10.2. The smallest absolute Gasteiger partial charge is 0.422 e. The average molecular weight is 407 g/mol. The quantitative estimate of drug-likeness (QED) is 0.666. The molecule has 2 aromatic rings. The molecule has 2 rings (SSSR count). The van der Waals surface area contributed by atoms with E-state index in [1.165, 1.54) is 13.2 Å². The van der Waals surface area contributed by atoms with Crippen LogP contribution in [-0.4, -0.2) is 32.3 Å². The van der Waals surface area contributed by atoms with Crippen molar-refractivity contribution in [2.24, 2.45) is 0 Å². The van der Waals surface area contributed by atoms with Crippen molar-refractivity contribution in [1.82, 2.24) is 0 Å². The van der Waals surface area contributed by atoms with Gasteiger partial charge in [0.05, 0.1) is 25.0 Å². The number of carbonyl (C=O) groups is 1. The third-order valence-electron chi connectivity index (χ3n) is 3.21. The topological polar surface area (TPSA) is 59.6 Å². The second-order valence-corrected chi connectivity index (χ2v) is 5.73. The summed E-state index contributed by atoms with van der Waals surface area (Å²) < 4.78 is 60.0. The Hall–Kier alpha value is -2.68. The Morgan fingerprint density at radius 1 is 1.11 bits per heavy atom. The van der Waals surface area contributed by atoms with Gasteiger partial charge in [-0.05, 0) is 30.3 Å². The number of halogens is 5. The van der Waals surface area contributed by atoms with Crippen molar-refractivity contribution in [1.29, 1.82) is 0 Å². The summed E-state index contributed by atoms with van der Waals surface area (Å²) in [5, 5.41) is 5.45. The Kier molecular flexibility index (Phi) is 6.73. The summed E-state index contributed by atoms with van der Waals surface area (Å²) >= 11 is 5.87. The molecule has 0 atom stereocenters. The number of amides is 1. The van der Waals surface area contributed by atoms with Crippen LogP contribution in [0.5, 0.6) is 11.5 Å². The maximum atomic E-state index is 13.4. The van der Waals surface area contributed by atoms with Gasteiger partial charge in [0.15, 0.2) is 6.61 Å². The largest absolute Gasteiger partial charge is 0.495 e. The van der Waals surface area contributed by atoms with Crippen LogP contribution in [0.15, 0.2) is 36.4 Å². The fraction of sp³-hybridized carbons (Fsp3) is 0.235. The van der Waals surface area contributed by atoms with Gasteiger partial charge >= 0.3 is 6.18 Å². The van der Waals surface area contributed by atoms with E-state index < -0.39 is 24.5 Å². The van der Waals surface area contributed by atoms with Gasteiger partial charge in [-0.15, -0.1) is 0 Å². The van der Waals surface area contributed by atoms with Crippen LogP contribution >= 0.6 is 11.6 Å². The molecule has 1 amide bonds. The Bertz CT molecular complexity index is 815. The minimum Gasteiger partial charge on any atom is -0.495 e. The average Bonchev–Trinajstić information content (AvgIpc) is 2.58. The second kappa shape index (κ2) is 8.81. The van der Waals surface area contributed by atoms with E-state index in [4.69, 9.17) is 16.3 Å². The molecule has 10 heteroatoms. The number of benzene rings is 2. The summed E-state index contributed by atoms with van der Waals surface area (Å²) in [6.07, 6.45) is -4.55. The summed E-state index contributed by atoms with van der Waals surface area (Å²) in [6, 6.07) is 7.53. The second-order valence-electron chi connectivity index (χ2n) is 5.29. The first-order valence-electron chi connectivity index (χ1n) is 7.54. The summed E-state index contributed by atoms with van der Waals surface area (Å²) in [6.45, 7) is -1.90. The summed E-state index contributed by atoms with van der Waals surface area (Å²) in [4.78, 5) is 12.1. The van der Waals surface area contributed by atoms with E-state index in [2.05, 4.69) is 15.4 Å². The van der Waals surface area contributed by atoms with E-state index in [1.807, 2.05) is 0 Å². The van der Waals surface area contributed by atoms with Crippen LogP contribution in [-0.2, 0) is 4.79 Å². The van der Waals surface area contributed by atoms with E-state index in [-0.39, 0.29) is 18.0 Å². The Balaban J connectivity index is 2.04. The first-order valence-corrected chi connectivity index (χ1v) is 7.92. The highest BCUT2D eigenvalue weighted by atomic mass is 35.5. The summed E-state index contributed by atoms with van der Waals surface area (Å²) in [7, 11) is 1.41. The molecule has 0 aliphatic heterocycles. The molecule has 0 heterocycles. The van der Waals surface area contributed by atoms with Crippen LogP contribution in [0.4, 0.5) is 28.9 Å². The van der Waals surface area contributed by atoms with E-state index in [1.54, 1.807) is 12.1 Å². The lowest BCUT2D eigenvalue weighted by molar-refractivity contribution is -0.153. The van der Waals surface area contributed by atoms with Crippen molar-refractivity contribution in [2.75, 3.05) is 30.9 Å². The predicted molar refractivity (Wildman–Crippen MR) is 93.1 cm³/mol. The normalized spacial score (nSPS) is 11.0. The molecular weight excluding hydrogens is 392 g/mol. The van der Waals surface area contributed by atoms with Crippen LogP contribution < -0.4 is 20.1 Å². The van der Waals surface area contributed by atoms with Crippen LogP contribution in [0.25, 0.3) is 0 Å². The molecular formula is C17H15ClF4N2O3. The molecule has 0 bridgehead atoms. The molecule has 0 aliphatic rings. The standard InChI is InChI=1S/C17H15ClF4N2O3/c1-26-14-4-2-10(18)6-13(14)24-16(25)8-23-12-7-11(19)3-5-15(12)27-9-17(20,21)22/h2-7,23H,8-9H2,1H3,(H,24,25). The summed E-state index contributed by atoms with van der Waals surface area (Å²) in [5.74, 6) is -1.12. The Morgan fingerprint density at radius 2 is 1.81 bits per heavy atom. The van der Waals surface area contributed by atoms with Crippen molar-refractivity contribution in [3.05, 3.63) is 47.2 Å². The molecule has 27 heavy (non-hydrogen) atoms. The molecule has 0 saturated heterocycles. The van der Waals surface area contributed by atoms with Crippen LogP contribution in [0.1, 0.15) is 0 Å². The maximum Gasteiger partial charge on any atom is 0.422 e. The zero-order chi connectivity index (χ0) is 20.0. The van der Waals surface area contributed by atoms with Crippen molar-refractivity contribution in [3.8, 4) is 11.5 Å². The van der Waals surface area contributed by atoms with Gasteiger partial charge < -0.3 is 20.1 Å². The molecule has 0 saturated carbocycles. The van der Waals surface area contributed by atoms with Gasteiger partial charge in [-0.2, -0.15) is 13.2 Å². The van der Waals surface area contributed by atoms with Crippen molar-refractivity contribution >= 4 is 28.9 Å². The molecule has 0 aliphatic carbocycles. The molecule has 0 aromatic heterocycles. The van der Waals surface area contributed by atoms with Crippen LogP contribution in [0, 0.1) is 5.82 Å². The van der Waals surface area contributed by atoms with Gasteiger partial charge in [-0.1, -0.05) is 11.6 Å². The highest BCUT2D eigenvalue weighted by Gasteiger charge is 2.29. The number of alkyl halides is 3. The van der Waals surface area contributed by atoms with Gasteiger partial charge in [0.1, 0.15) is 17.3 Å². The van der Waals surface area contributed by atoms with Gasteiger partial charge in [0.2, 0.25) is 5.91 Å². The SMILES string of the molecule is COc1ccc(Cl)cc1NC(=O)CNc1cc(F)ccc1OCC(F)(F)F. The molecule has 0 unspecified atom stereocenters. The number of nitrogens with one attached hydrogen (secondary N) is 2. The van der Waals surface area contributed by atoms with E-state index in [0.29, 0.717) is 16.5 Å². The number of methoxy groups -OCH3 is 1. The number of carbonyl (C=O) groups excluding carboxylic acids is 1. The zero-order valence-corrected chi connectivity index (χ0v) is 14.7. The first-order chi connectivity index (χ1) is 12.7. The highest BCUT2D eigenvalue weighted by Crippen LogP contribution is 2.29. The fourth-order valence-corrected chi connectivity index (χ4v) is 2.25. The molecule has 0 fully saturated rings. The molecule has 146 valence electrons. The van der Waals surface area contributed by atoms with Crippen molar-refractivity contribution in [2.45, 2.75) is 6.18 Å². The van der Waals surface area contributed by atoms with Crippen molar-refractivity contribution < 1.29 is 31.8 Å². The number of ether oxygens (including phenoxy) is 2. The molecule has 5 nitrogen and oxygen atoms in total. The predicted octanol–water partition coefficient (Wildman–Crippen LogP) is 4.48. The zero-order valence-electron chi connectivity index (χ0n) is 14.0. The minimum atomic E-state index is -4.55. The van der Waals surface area contributed by atoms with E-state index in [9.17, 15) is 22.4 Å². The molecule has 0 spiro atoms. The van der Waals surface area contributed by atoms with Crippen molar-refractivity contribution in [3.63, 3.8) is 0 Å². The van der Waals surface area contributed by atoms with E-state index >= 15 is 0 Å². The number of hydrogen-bond donors (Lipinski definition) is 2. The number of hydrogen-bond acceptors (Lipinski definition) is 4. The maximum absolute atomic E-state index is 13.4. The minimum absolute atomic E-state index is 0.0903. The lowest BCUT2D eigenvalue weighted by Crippen LogP contribution is -2.23. The monoisotopic (exact) mass is 406 g/mol. The number of anilines is 2. The van der Waals surface area contributed by atoms with E-state index in [0.717, 1.165) is 18.2 Å². The highest BCUT2D eigenvalue weighted by molar-refractivity contribution is 6.31. The summed E-state index contributed by atoms with van der Waals surface area (Å²) in [5.41, 5.74) is 0.219. The Morgan fingerprint density at radius 3 is 2.48 bits per heavy atom. The van der Waals surface area contributed by atoms with Gasteiger partial charge in [0, 0.05) is 11.1 Å². The van der Waals surface area contributed by atoms with Gasteiger partial charge in [0.25, 0.3) is 0 Å². The van der Waals surface area contributed by atoms with Crippen LogP contribution in [0.3, 0.4) is 0 Å². The molecule has 2 aromatic carbocycles. The number of rotatable bonds is 7. The third-order valence-corrected chi connectivity index (χ3v) is 3.44. The van der Waals surface area contributed by atoms with Crippen LogP contribution in [0.2, 0.25) is 5.02 Å². The first kappa shape index (κ1) is 20.6. The van der Waals surface area contributed by atoms with Gasteiger partial charge in [-0.3, -0.25) is 4.79 Å². The molecule has 2 N–H and O–H groups in total. The third kappa shape index (κ3) is 6.52.